The Hall–Kier alpha value is -2.63. The molecule has 11 nitrogen and oxygen atoms in total. The van der Waals surface area contributed by atoms with E-state index in [1.807, 2.05) is 0 Å². The minimum atomic E-state index is -4.52. The Bertz CT molecular complexity index is 1570. The zero-order valence-corrected chi connectivity index (χ0v) is 27.7. The number of nitrogens with zero attached hydrogens (tertiary/aromatic N) is 1. The van der Waals surface area contributed by atoms with Gasteiger partial charge in [0.2, 0.25) is 10.0 Å². The summed E-state index contributed by atoms with van der Waals surface area (Å²) in [5.74, 6) is -6.03. The van der Waals surface area contributed by atoms with E-state index in [4.69, 9.17) is 9.47 Å². The number of halogens is 4. The lowest BCUT2D eigenvalue weighted by atomic mass is 10.2. The molecule has 3 aromatic carbocycles. The number of carbonyl (C=O) groups excluding carboxylic acids is 2. The van der Waals surface area contributed by atoms with Crippen molar-refractivity contribution in [2.24, 2.45) is 0 Å². The molecule has 41 heavy (non-hydrogen) atoms. The molecule has 0 amide bonds. The Morgan fingerprint density at radius 3 is 1.49 bits per heavy atom. The zero-order valence-electron chi connectivity index (χ0n) is 20.6. The van der Waals surface area contributed by atoms with Gasteiger partial charge in [-0.3, -0.25) is 9.59 Å². The van der Waals surface area contributed by atoms with Crippen molar-refractivity contribution < 1.29 is 47.3 Å². The first-order chi connectivity index (χ1) is 19.1. The van der Waals surface area contributed by atoms with Crippen LogP contribution in [0.2, 0.25) is 0 Å². The fourth-order valence-electron chi connectivity index (χ4n) is 3.31. The van der Waals surface area contributed by atoms with Gasteiger partial charge in [0.05, 0.1) is 13.8 Å². The van der Waals surface area contributed by atoms with Gasteiger partial charge in [0, 0.05) is 8.95 Å². The molecular weight excluding hydrogens is 826 g/mol. The van der Waals surface area contributed by atoms with Crippen LogP contribution in [0.1, 0.15) is 26.3 Å². The number of aryl methyl sites for hydroxylation is 1. The van der Waals surface area contributed by atoms with Gasteiger partial charge < -0.3 is 19.7 Å². The van der Waals surface area contributed by atoms with E-state index in [0.717, 1.165) is 5.56 Å². The molecule has 0 saturated carbocycles. The number of esters is 2. The van der Waals surface area contributed by atoms with Crippen LogP contribution < -0.4 is 9.47 Å². The van der Waals surface area contributed by atoms with Crippen molar-refractivity contribution in [1.29, 1.82) is 0 Å². The summed E-state index contributed by atoms with van der Waals surface area (Å²) in [4.78, 5) is 49.0. The number of carbonyl (C=O) groups is 4. The van der Waals surface area contributed by atoms with Crippen LogP contribution in [0.3, 0.4) is 0 Å². The van der Waals surface area contributed by atoms with Crippen molar-refractivity contribution >= 4 is 97.6 Å². The van der Waals surface area contributed by atoms with E-state index in [-0.39, 0.29) is 25.3 Å². The summed E-state index contributed by atoms with van der Waals surface area (Å²) < 4.78 is 38.8. The predicted molar refractivity (Wildman–Crippen MR) is 159 cm³/mol. The van der Waals surface area contributed by atoms with Gasteiger partial charge in [0.25, 0.3) is 0 Å². The molecule has 216 valence electrons. The predicted octanol–water partition coefficient (Wildman–Crippen LogP) is 5.64. The molecule has 0 bridgehead atoms. The van der Waals surface area contributed by atoms with Crippen molar-refractivity contribution in [1.82, 2.24) is 4.31 Å². The molecule has 3 rings (SSSR count). The number of sulfonamides is 1. The Labute approximate surface area is 267 Å². The highest BCUT2D eigenvalue weighted by molar-refractivity contribution is 9.11. The van der Waals surface area contributed by atoms with E-state index < -0.39 is 58.1 Å². The molecule has 0 atom stereocenters. The molecule has 0 radical (unpaired) electrons. The van der Waals surface area contributed by atoms with Crippen LogP contribution in [0.5, 0.6) is 11.5 Å². The third-order valence-electron chi connectivity index (χ3n) is 5.18. The highest BCUT2D eigenvalue weighted by Gasteiger charge is 2.32. The SMILES string of the molecule is Cc1ccc(S(=O)(=O)N(CC(=O)Oc2c(Br)cc(Br)cc2C(=O)O)CC(=O)Oc2c(Br)cc(Br)cc2C(=O)O)cc1. The highest BCUT2D eigenvalue weighted by Crippen LogP contribution is 2.34. The molecule has 3 aromatic rings. The molecule has 0 saturated heterocycles. The topological polar surface area (TPSA) is 165 Å². The number of ether oxygens (including phenoxy) is 2. The average molecular weight is 843 g/mol. The number of carboxylic acids is 2. The Morgan fingerprint density at radius 2 is 1.12 bits per heavy atom. The Balaban J connectivity index is 1.96. The number of hydrogen-bond acceptors (Lipinski definition) is 8. The number of hydrogen-bond donors (Lipinski definition) is 2. The number of carboxylic acid groups (broad SMARTS) is 2. The maximum atomic E-state index is 13.5. The van der Waals surface area contributed by atoms with E-state index in [0.29, 0.717) is 13.3 Å². The first-order valence-corrected chi connectivity index (χ1v) is 15.6. The second-order valence-corrected chi connectivity index (χ2v) is 13.7. The van der Waals surface area contributed by atoms with E-state index >= 15 is 0 Å². The lowest BCUT2D eigenvalue weighted by Gasteiger charge is -2.21. The molecular formula is C25H17Br4NO10S. The lowest BCUT2D eigenvalue weighted by molar-refractivity contribution is -0.137. The van der Waals surface area contributed by atoms with E-state index in [9.17, 15) is 37.8 Å². The first-order valence-electron chi connectivity index (χ1n) is 11.0. The average Bonchev–Trinajstić information content (AvgIpc) is 2.86. The smallest absolute Gasteiger partial charge is 0.339 e. The molecule has 2 N–H and O–H groups in total. The van der Waals surface area contributed by atoms with Gasteiger partial charge in [0.15, 0.2) is 11.5 Å². The molecule has 0 aliphatic heterocycles. The first kappa shape index (κ1) is 32.9. The summed E-state index contributed by atoms with van der Waals surface area (Å²) in [7, 11) is -4.52. The van der Waals surface area contributed by atoms with E-state index in [2.05, 4.69) is 63.7 Å². The normalized spacial score (nSPS) is 11.3. The molecule has 0 aromatic heterocycles. The van der Waals surface area contributed by atoms with Crippen molar-refractivity contribution in [3.63, 3.8) is 0 Å². The summed E-state index contributed by atoms with van der Waals surface area (Å²) in [5.41, 5.74) is -0.0432. The van der Waals surface area contributed by atoms with Crippen LogP contribution >= 0.6 is 63.7 Å². The Morgan fingerprint density at radius 1 is 0.732 bits per heavy atom. The number of aromatic carboxylic acids is 2. The summed E-state index contributed by atoms with van der Waals surface area (Å²) in [5, 5.41) is 19.0. The fourth-order valence-corrected chi connectivity index (χ4v) is 7.25. The van der Waals surface area contributed by atoms with Gasteiger partial charge >= 0.3 is 23.9 Å². The summed E-state index contributed by atoms with van der Waals surface area (Å²) in [6.45, 7) is -0.324. The van der Waals surface area contributed by atoms with Crippen LogP contribution in [0.15, 0.2) is 71.3 Å². The third kappa shape index (κ3) is 8.23. The maximum Gasteiger partial charge on any atom is 0.339 e. The van der Waals surface area contributed by atoms with Crippen LogP contribution in [-0.2, 0) is 19.6 Å². The summed E-state index contributed by atoms with van der Waals surface area (Å²) in [6, 6.07) is 10.8. The number of benzene rings is 3. The van der Waals surface area contributed by atoms with Crippen LogP contribution in [0, 0.1) is 6.92 Å². The monoisotopic (exact) mass is 839 g/mol. The minimum Gasteiger partial charge on any atom is -0.478 e. The Kier molecular flexibility index (Phi) is 10.9. The van der Waals surface area contributed by atoms with Crippen molar-refractivity contribution in [2.45, 2.75) is 11.8 Å². The standard InChI is InChI=1S/C25H17Br4NO10S/c1-12-2-4-15(5-3-12)41(37,38)30(10-20(31)39-22-16(24(33)34)6-13(26)8-18(22)28)11-21(32)40-23-17(25(35)36)7-14(27)9-19(23)29/h2-9H,10-11H2,1H3,(H,33,34)(H,35,36). The summed E-state index contributed by atoms with van der Waals surface area (Å²) in [6.07, 6.45) is 0. The molecule has 0 spiro atoms. The van der Waals surface area contributed by atoms with Gasteiger partial charge in [-0.2, -0.15) is 4.31 Å². The van der Waals surface area contributed by atoms with E-state index in [1.54, 1.807) is 6.92 Å². The second-order valence-electron chi connectivity index (χ2n) is 8.17. The molecule has 0 aliphatic carbocycles. The second kappa shape index (κ2) is 13.6. The van der Waals surface area contributed by atoms with Crippen LogP contribution in [0.4, 0.5) is 0 Å². The molecule has 0 aliphatic rings. The van der Waals surface area contributed by atoms with Crippen LogP contribution in [-0.4, -0.2) is 59.9 Å². The molecule has 0 fully saturated rings. The zero-order chi connectivity index (χ0) is 30.6. The van der Waals surface area contributed by atoms with Gasteiger partial charge in [-0.25, -0.2) is 18.0 Å². The van der Waals surface area contributed by atoms with Crippen molar-refractivity contribution in [3.8, 4) is 11.5 Å². The quantitative estimate of drug-likeness (QED) is 0.193. The maximum absolute atomic E-state index is 13.5. The minimum absolute atomic E-state index is 0.0891. The van der Waals surface area contributed by atoms with E-state index in [1.165, 1.54) is 48.5 Å². The van der Waals surface area contributed by atoms with Crippen LogP contribution in [0.25, 0.3) is 0 Å². The molecule has 16 heteroatoms. The lowest BCUT2D eigenvalue weighted by Crippen LogP contribution is -2.42. The van der Waals surface area contributed by atoms with Gasteiger partial charge in [-0.1, -0.05) is 49.6 Å². The molecule has 0 unspecified atom stereocenters. The van der Waals surface area contributed by atoms with Gasteiger partial charge in [-0.05, 0) is 75.2 Å². The highest BCUT2D eigenvalue weighted by atomic mass is 79.9. The van der Waals surface area contributed by atoms with Crippen molar-refractivity contribution in [2.75, 3.05) is 13.1 Å². The largest absolute Gasteiger partial charge is 0.478 e. The van der Waals surface area contributed by atoms with Gasteiger partial charge in [0.1, 0.15) is 24.2 Å². The third-order valence-corrected chi connectivity index (χ3v) is 9.08. The molecule has 0 heterocycles. The fraction of sp³-hybridized carbons (Fsp3) is 0.120. The van der Waals surface area contributed by atoms with Crippen molar-refractivity contribution in [3.05, 3.63) is 83.1 Å². The summed E-state index contributed by atoms with van der Waals surface area (Å²) >= 11 is 12.5. The number of rotatable bonds is 10. The van der Waals surface area contributed by atoms with Gasteiger partial charge in [-0.15, -0.1) is 0 Å².